The number of ether oxygens (including phenoxy) is 2. The molecule has 2 heterocycles. The van der Waals surface area contributed by atoms with Gasteiger partial charge in [0.1, 0.15) is 6.10 Å². The van der Waals surface area contributed by atoms with E-state index in [0.717, 1.165) is 23.9 Å². The van der Waals surface area contributed by atoms with Crippen LogP contribution in [0.2, 0.25) is 0 Å². The van der Waals surface area contributed by atoms with Crippen LogP contribution in [0.15, 0.2) is 10.7 Å². The van der Waals surface area contributed by atoms with Crippen molar-refractivity contribution in [3.63, 3.8) is 0 Å². The van der Waals surface area contributed by atoms with E-state index < -0.39 is 0 Å². The fourth-order valence-electron chi connectivity index (χ4n) is 2.28. The third-order valence-electron chi connectivity index (χ3n) is 2.98. The molecule has 5 nitrogen and oxygen atoms in total. The lowest BCUT2D eigenvalue weighted by Gasteiger charge is -2.32. The first kappa shape index (κ1) is 14.5. The summed E-state index contributed by atoms with van der Waals surface area (Å²) >= 11 is 3.43. The van der Waals surface area contributed by atoms with Crippen LogP contribution in [0, 0.1) is 0 Å². The number of hydrogen-bond donors (Lipinski definition) is 1. The molecule has 106 valence electrons. The molecule has 1 fully saturated rings. The highest BCUT2D eigenvalue weighted by atomic mass is 79.9. The number of nitrogens with zero attached hydrogens (tertiary/aromatic N) is 2. The molecule has 1 aliphatic rings. The zero-order valence-corrected chi connectivity index (χ0v) is 13.1. The normalized spacial score (nSPS) is 27.1. The highest BCUT2D eigenvalue weighted by molar-refractivity contribution is 9.10. The van der Waals surface area contributed by atoms with Gasteiger partial charge < -0.3 is 14.8 Å². The molecule has 0 aromatic carbocycles. The summed E-state index contributed by atoms with van der Waals surface area (Å²) in [6.07, 6.45) is 4.07. The number of halogens is 1. The minimum absolute atomic E-state index is 0.138. The summed E-state index contributed by atoms with van der Waals surface area (Å²) < 4.78 is 12.5. The Balaban J connectivity index is 2.07. The van der Waals surface area contributed by atoms with Crippen molar-refractivity contribution in [2.75, 3.05) is 11.9 Å². The SMILES string of the molecule is CCNc1ncc(Br)c(OC2CC(C)OC(C)C2)n1. The highest BCUT2D eigenvalue weighted by Gasteiger charge is 2.26. The first-order valence-electron chi connectivity index (χ1n) is 6.67. The molecule has 0 amide bonds. The average molecular weight is 330 g/mol. The maximum atomic E-state index is 6.00. The molecule has 0 radical (unpaired) electrons. The van der Waals surface area contributed by atoms with Gasteiger partial charge in [0, 0.05) is 19.4 Å². The predicted octanol–water partition coefficient (Wildman–Crippen LogP) is 3.01. The molecule has 1 aromatic rings. The standard InChI is InChI=1S/C13H20BrN3O2/c1-4-15-13-16-7-11(14)12(17-13)19-10-5-8(2)18-9(3)6-10/h7-10H,4-6H2,1-3H3,(H,15,16,17). The summed E-state index contributed by atoms with van der Waals surface area (Å²) in [5, 5.41) is 3.08. The first-order valence-corrected chi connectivity index (χ1v) is 7.46. The van der Waals surface area contributed by atoms with E-state index in [-0.39, 0.29) is 18.3 Å². The van der Waals surface area contributed by atoms with Crippen LogP contribution in [0.25, 0.3) is 0 Å². The lowest BCUT2D eigenvalue weighted by molar-refractivity contribution is -0.0731. The molecule has 19 heavy (non-hydrogen) atoms. The summed E-state index contributed by atoms with van der Waals surface area (Å²) in [6, 6.07) is 0. The third-order valence-corrected chi connectivity index (χ3v) is 3.52. The van der Waals surface area contributed by atoms with Crippen molar-refractivity contribution in [3.05, 3.63) is 10.7 Å². The summed E-state index contributed by atoms with van der Waals surface area (Å²) in [4.78, 5) is 8.55. The zero-order chi connectivity index (χ0) is 13.8. The van der Waals surface area contributed by atoms with Crippen LogP contribution < -0.4 is 10.1 Å². The fraction of sp³-hybridized carbons (Fsp3) is 0.692. The Hall–Kier alpha value is -0.880. The molecule has 2 atom stereocenters. The van der Waals surface area contributed by atoms with Gasteiger partial charge >= 0.3 is 0 Å². The molecule has 0 saturated carbocycles. The second-order valence-electron chi connectivity index (χ2n) is 4.85. The Bertz CT molecular complexity index is 420. The maximum absolute atomic E-state index is 6.00. The molecule has 0 spiro atoms. The molecule has 1 aliphatic heterocycles. The number of aromatic nitrogens is 2. The topological polar surface area (TPSA) is 56.3 Å². The van der Waals surface area contributed by atoms with Gasteiger partial charge in [-0.2, -0.15) is 4.98 Å². The number of rotatable bonds is 4. The Morgan fingerprint density at radius 3 is 2.74 bits per heavy atom. The van der Waals surface area contributed by atoms with Gasteiger partial charge in [-0.15, -0.1) is 0 Å². The second kappa shape index (κ2) is 6.52. The highest BCUT2D eigenvalue weighted by Crippen LogP contribution is 2.28. The number of nitrogens with one attached hydrogen (secondary N) is 1. The molecule has 0 aliphatic carbocycles. The van der Waals surface area contributed by atoms with Gasteiger partial charge in [-0.1, -0.05) is 0 Å². The summed E-state index contributed by atoms with van der Waals surface area (Å²) in [5.74, 6) is 1.19. The third kappa shape index (κ3) is 4.04. The Labute approximate surface area is 122 Å². The average Bonchev–Trinajstić information content (AvgIpc) is 2.32. The molecule has 0 bridgehead atoms. The maximum Gasteiger partial charge on any atom is 0.233 e. The first-order chi connectivity index (χ1) is 9.08. The van der Waals surface area contributed by atoms with E-state index >= 15 is 0 Å². The van der Waals surface area contributed by atoms with Crippen molar-refractivity contribution in [3.8, 4) is 5.88 Å². The van der Waals surface area contributed by atoms with Gasteiger partial charge in [-0.05, 0) is 36.7 Å². The van der Waals surface area contributed by atoms with Crippen LogP contribution in [0.1, 0.15) is 33.6 Å². The fourth-order valence-corrected chi connectivity index (χ4v) is 2.56. The largest absolute Gasteiger partial charge is 0.473 e. The van der Waals surface area contributed by atoms with Crippen molar-refractivity contribution in [2.24, 2.45) is 0 Å². The summed E-state index contributed by atoms with van der Waals surface area (Å²) in [5.41, 5.74) is 0. The van der Waals surface area contributed by atoms with E-state index in [1.807, 2.05) is 6.92 Å². The van der Waals surface area contributed by atoms with Crippen LogP contribution in [-0.4, -0.2) is 34.8 Å². The number of hydrogen-bond acceptors (Lipinski definition) is 5. The Kier molecular flexibility index (Phi) is 4.99. The molecular weight excluding hydrogens is 310 g/mol. The molecular formula is C13H20BrN3O2. The molecule has 2 rings (SSSR count). The van der Waals surface area contributed by atoms with E-state index in [2.05, 4.69) is 45.1 Å². The van der Waals surface area contributed by atoms with E-state index in [0.29, 0.717) is 11.8 Å². The second-order valence-corrected chi connectivity index (χ2v) is 5.70. The molecule has 2 unspecified atom stereocenters. The number of anilines is 1. The van der Waals surface area contributed by atoms with Crippen LogP contribution in [0.5, 0.6) is 5.88 Å². The lowest BCUT2D eigenvalue weighted by Crippen LogP contribution is -2.36. The van der Waals surface area contributed by atoms with Crippen molar-refractivity contribution in [1.29, 1.82) is 0 Å². The van der Waals surface area contributed by atoms with E-state index in [9.17, 15) is 0 Å². The van der Waals surface area contributed by atoms with Crippen LogP contribution >= 0.6 is 15.9 Å². The quantitative estimate of drug-likeness (QED) is 0.920. The van der Waals surface area contributed by atoms with Crippen LogP contribution in [0.4, 0.5) is 5.95 Å². The van der Waals surface area contributed by atoms with E-state index in [1.165, 1.54) is 0 Å². The summed E-state index contributed by atoms with van der Waals surface area (Å²) in [7, 11) is 0. The minimum atomic E-state index is 0.138. The predicted molar refractivity (Wildman–Crippen MR) is 77.6 cm³/mol. The molecule has 6 heteroatoms. The minimum Gasteiger partial charge on any atom is -0.473 e. The Morgan fingerprint density at radius 2 is 2.11 bits per heavy atom. The van der Waals surface area contributed by atoms with Gasteiger partial charge in [0.25, 0.3) is 0 Å². The smallest absolute Gasteiger partial charge is 0.233 e. The monoisotopic (exact) mass is 329 g/mol. The van der Waals surface area contributed by atoms with Gasteiger partial charge in [0.2, 0.25) is 11.8 Å². The van der Waals surface area contributed by atoms with Crippen LogP contribution in [-0.2, 0) is 4.74 Å². The molecule has 1 N–H and O–H groups in total. The zero-order valence-electron chi connectivity index (χ0n) is 11.5. The van der Waals surface area contributed by atoms with E-state index in [1.54, 1.807) is 6.20 Å². The van der Waals surface area contributed by atoms with Crippen molar-refractivity contribution >= 4 is 21.9 Å². The van der Waals surface area contributed by atoms with Gasteiger partial charge in [0.15, 0.2) is 0 Å². The van der Waals surface area contributed by atoms with Crippen molar-refractivity contribution in [1.82, 2.24) is 9.97 Å². The van der Waals surface area contributed by atoms with Crippen molar-refractivity contribution < 1.29 is 9.47 Å². The van der Waals surface area contributed by atoms with Crippen molar-refractivity contribution in [2.45, 2.75) is 51.9 Å². The van der Waals surface area contributed by atoms with Gasteiger partial charge in [0.05, 0.1) is 22.9 Å². The Morgan fingerprint density at radius 1 is 1.42 bits per heavy atom. The van der Waals surface area contributed by atoms with Gasteiger partial charge in [-0.3, -0.25) is 0 Å². The van der Waals surface area contributed by atoms with Gasteiger partial charge in [-0.25, -0.2) is 4.98 Å². The summed E-state index contributed by atoms with van der Waals surface area (Å²) in [6.45, 7) is 6.94. The van der Waals surface area contributed by atoms with Crippen LogP contribution in [0.3, 0.4) is 0 Å². The lowest BCUT2D eigenvalue weighted by atomic mass is 10.0. The molecule has 1 saturated heterocycles. The van der Waals surface area contributed by atoms with E-state index in [4.69, 9.17) is 9.47 Å². The molecule has 1 aromatic heterocycles.